The zero-order valence-electron chi connectivity index (χ0n) is 9.92. The van der Waals surface area contributed by atoms with Crippen LogP contribution in [0.25, 0.3) is 0 Å². The van der Waals surface area contributed by atoms with Crippen molar-refractivity contribution in [2.75, 3.05) is 7.11 Å². The zero-order valence-corrected chi connectivity index (χ0v) is 9.92. The van der Waals surface area contributed by atoms with Gasteiger partial charge in [0, 0.05) is 5.92 Å². The Hall–Kier alpha value is -2.00. The zero-order chi connectivity index (χ0) is 12.4. The summed E-state index contributed by atoms with van der Waals surface area (Å²) in [7, 11) is 1.63. The molecule has 4 atom stereocenters. The average Bonchev–Trinajstić information content (AvgIpc) is 2.37. The van der Waals surface area contributed by atoms with Gasteiger partial charge in [-0.1, -0.05) is 19.1 Å². The van der Waals surface area contributed by atoms with Gasteiger partial charge in [0.25, 0.3) is 0 Å². The lowest BCUT2D eigenvalue weighted by molar-refractivity contribution is 0.137. The van der Waals surface area contributed by atoms with E-state index in [0.717, 1.165) is 11.3 Å². The van der Waals surface area contributed by atoms with Crippen LogP contribution in [-0.2, 0) is 0 Å². The Kier molecular flexibility index (Phi) is 3.02. The van der Waals surface area contributed by atoms with E-state index in [-0.39, 0.29) is 23.7 Å². The maximum Gasteiger partial charge on any atom is 0.118 e. The first-order valence-electron chi connectivity index (χ1n) is 5.66. The Morgan fingerprint density at radius 2 is 1.65 bits per heavy atom. The summed E-state index contributed by atoms with van der Waals surface area (Å²) < 4.78 is 5.11. The highest BCUT2D eigenvalue weighted by atomic mass is 16.5. The molecular weight excluding hydrogens is 212 g/mol. The van der Waals surface area contributed by atoms with E-state index >= 15 is 0 Å². The van der Waals surface area contributed by atoms with E-state index in [2.05, 4.69) is 12.1 Å². The van der Waals surface area contributed by atoms with Crippen LogP contribution in [0.2, 0.25) is 0 Å². The highest BCUT2D eigenvalue weighted by molar-refractivity contribution is 5.34. The lowest BCUT2D eigenvalue weighted by Gasteiger charge is -2.43. The summed E-state index contributed by atoms with van der Waals surface area (Å²) in [6, 6.07) is 12.2. The molecule has 0 N–H and O–H groups in total. The summed E-state index contributed by atoms with van der Waals surface area (Å²) in [6.45, 7) is 2.04. The van der Waals surface area contributed by atoms with Gasteiger partial charge in [-0.25, -0.2) is 0 Å². The second kappa shape index (κ2) is 4.47. The molecule has 0 heterocycles. The van der Waals surface area contributed by atoms with Crippen LogP contribution in [0.3, 0.4) is 0 Å². The van der Waals surface area contributed by atoms with E-state index in [1.807, 2.05) is 31.2 Å². The minimum atomic E-state index is -0.177. The molecule has 0 aromatic heterocycles. The second-order valence-corrected chi connectivity index (χ2v) is 4.47. The minimum absolute atomic E-state index is 0.132. The Balaban J connectivity index is 2.23. The van der Waals surface area contributed by atoms with E-state index in [0.29, 0.717) is 0 Å². The molecule has 1 fully saturated rings. The fourth-order valence-corrected chi connectivity index (χ4v) is 2.65. The highest BCUT2D eigenvalue weighted by Crippen LogP contribution is 2.51. The molecule has 1 aromatic carbocycles. The molecule has 17 heavy (non-hydrogen) atoms. The largest absolute Gasteiger partial charge is 0.497 e. The van der Waals surface area contributed by atoms with Crippen LogP contribution in [0.4, 0.5) is 0 Å². The van der Waals surface area contributed by atoms with Crippen LogP contribution in [0.15, 0.2) is 24.3 Å². The normalized spacial score (nSPS) is 30.8. The first-order chi connectivity index (χ1) is 8.22. The first-order valence-corrected chi connectivity index (χ1v) is 5.66. The lowest BCUT2D eigenvalue weighted by atomic mass is 9.56. The summed E-state index contributed by atoms with van der Waals surface area (Å²) >= 11 is 0. The van der Waals surface area contributed by atoms with Gasteiger partial charge in [-0.2, -0.15) is 10.5 Å². The maximum atomic E-state index is 9.11. The molecule has 0 spiro atoms. The van der Waals surface area contributed by atoms with E-state index in [9.17, 15) is 0 Å². The van der Waals surface area contributed by atoms with E-state index in [1.54, 1.807) is 7.11 Å². The molecule has 1 aliphatic carbocycles. The SMILES string of the molecule is COc1ccc([C@@H]2[C@@H](C)[C@@H](C#N)[C@H]2C#N)cc1. The van der Waals surface area contributed by atoms with Crippen LogP contribution in [0, 0.1) is 40.4 Å². The van der Waals surface area contributed by atoms with Crippen molar-refractivity contribution in [2.45, 2.75) is 12.8 Å². The molecule has 1 aromatic rings. The second-order valence-electron chi connectivity index (χ2n) is 4.47. The number of methoxy groups -OCH3 is 1. The summed E-state index contributed by atoms with van der Waals surface area (Å²) in [5.41, 5.74) is 1.12. The molecule has 0 radical (unpaired) electrons. The fraction of sp³-hybridized carbons (Fsp3) is 0.429. The summed E-state index contributed by atoms with van der Waals surface area (Å²) in [5, 5.41) is 18.1. The third kappa shape index (κ3) is 1.74. The Labute approximate surface area is 101 Å². The minimum Gasteiger partial charge on any atom is -0.497 e. The summed E-state index contributed by atoms with van der Waals surface area (Å²) in [6.07, 6.45) is 0. The van der Waals surface area contributed by atoms with Gasteiger partial charge in [0.1, 0.15) is 5.75 Å². The van der Waals surface area contributed by atoms with Gasteiger partial charge in [-0.15, -0.1) is 0 Å². The van der Waals surface area contributed by atoms with Crippen molar-refractivity contribution >= 4 is 0 Å². The Morgan fingerprint density at radius 3 is 2.12 bits per heavy atom. The van der Waals surface area contributed by atoms with Crippen molar-refractivity contribution in [2.24, 2.45) is 17.8 Å². The van der Waals surface area contributed by atoms with Crippen LogP contribution >= 0.6 is 0 Å². The van der Waals surface area contributed by atoms with Gasteiger partial charge in [-0.3, -0.25) is 0 Å². The van der Waals surface area contributed by atoms with Crippen molar-refractivity contribution in [3.8, 4) is 17.9 Å². The van der Waals surface area contributed by atoms with Crippen molar-refractivity contribution < 1.29 is 4.74 Å². The van der Waals surface area contributed by atoms with E-state index in [1.165, 1.54) is 0 Å². The van der Waals surface area contributed by atoms with Crippen LogP contribution in [-0.4, -0.2) is 7.11 Å². The predicted molar refractivity (Wildman–Crippen MR) is 63.1 cm³/mol. The summed E-state index contributed by atoms with van der Waals surface area (Å²) in [4.78, 5) is 0. The third-order valence-corrected chi connectivity index (χ3v) is 3.71. The topological polar surface area (TPSA) is 56.8 Å². The Bertz CT molecular complexity index is 480. The number of hydrogen-bond donors (Lipinski definition) is 0. The number of ether oxygens (including phenoxy) is 1. The van der Waals surface area contributed by atoms with Crippen LogP contribution < -0.4 is 4.74 Å². The number of hydrogen-bond acceptors (Lipinski definition) is 3. The molecule has 0 unspecified atom stereocenters. The molecular formula is C14H14N2O. The van der Waals surface area contributed by atoms with Crippen molar-refractivity contribution in [3.63, 3.8) is 0 Å². The first kappa shape index (κ1) is 11.5. The molecule has 3 nitrogen and oxygen atoms in total. The molecule has 0 saturated heterocycles. The molecule has 1 saturated carbocycles. The van der Waals surface area contributed by atoms with Crippen LogP contribution in [0.5, 0.6) is 5.75 Å². The van der Waals surface area contributed by atoms with Gasteiger partial charge in [0.2, 0.25) is 0 Å². The van der Waals surface area contributed by atoms with E-state index in [4.69, 9.17) is 15.3 Å². The van der Waals surface area contributed by atoms with Crippen molar-refractivity contribution in [1.29, 1.82) is 10.5 Å². The molecule has 0 aliphatic heterocycles. The predicted octanol–water partition coefficient (Wildman–Crippen LogP) is 2.71. The molecule has 0 amide bonds. The monoisotopic (exact) mass is 226 g/mol. The summed E-state index contributed by atoms with van der Waals surface area (Å²) in [5.74, 6) is 0.926. The molecule has 86 valence electrons. The van der Waals surface area contributed by atoms with Gasteiger partial charge < -0.3 is 4.74 Å². The van der Waals surface area contributed by atoms with E-state index < -0.39 is 0 Å². The van der Waals surface area contributed by atoms with Crippen LogP contribution in [0.1, 0.15) is 18.4 Å². The quantitative estimate of drug-likeness (QED) is 0.779. The average molecular weight is 226 g/mol. The number of rotatable bonds is 2. The van der Waals surface area contributed by atoms with Gasteiger partial charge in [-0.05, 0) is 23.6 Å². The number of nitriles is 2. The fourth-order valence-electron chi connectivity index (χ4n) is 2.65. The number of benzene rings is 1. The van der Waals surface area contributed by atoms with Crippen molar-refractivity contribution in [3.05, 3.63) is 29.8 Å². The van der Waals surface area contributed by atoms with Crippen molar-refractivity contribution in [1.82, 2.24) is 0 Å². The molecule has 0 bridgehead atoms. The maximum absolute atomic E-state index is 9.11. The van der Waals surface area contributed by atoms with Gasteiger partial charge in [0.05, 0.1) is 31.1 Å². The smallest absolute Gasteiger partial charge is 0.118 e. The molecule has 1 aliphatic rings. The number of nitrogens with zero attached hydrogens (tertiary/aromatic N) is 2. The highest BCUT2D eigenvalue weighted by Gasteiger charge is 2.49. The lowest BCUT2D eigenvalue weighted by Crippen LogP contribution is -2.41. The standard InChI is InChI=1S/C14H14N2O/c1-9-12(7-15)13(8-16)14(9)10-3-5-11(17-2)6-4-10/h3-6,9,12-14H,1-2H3/t9-,12+,13+,14-/m0/s1. The van der Waals surface area contributed by atoms with Gasteiger partial charge in [0.15, 0.2) is 0 Å². The Morgan fingerprint density at radius 1 is 1.06 bits per heavy atom. The van der Waals surface area contributed by atoms with Gasteiger partial charge >= 0.3 is 0 Å². The molecule has 3 heteroatoms. The molecule has 2 rings (SSSR count). The third-order valence-electron chi connectivity index (χ3n) is 3.71.